The van der Waals surface area contributed by atoms with E-state index in [0.29, 0.717) is 5.75 Å². The number of unbranched alkanes of at least 4 members (excludes halogenated alkanes) is 3. The molecule has 1 aliphatic rings. The van der Waals surface area contributed by atoms with E-state index >= 15 is 0 Å². The summed E-state index contributed by atoms with van der Waals surface area (Å²) in [5, 5.41) is 0.929. The first kappa shape index (κ1) is 12.9. The van der Waals surface area contributed by atoms with Crippen LogP contribution in [0.25, 0.3) is 0 Å². The Bertz CT molecular complexity index is 344. The predicted molar refractivity (Wildman–Crippen MR) is 63.9 cm³/mol. The molecule has 0 aromatic heterocycles. The SMILES string of the molecule is CCCCCCS(=O)C1C=CS(=O)(=O)C1. The molecule has 0 radical (unpaired) electrons. The van der Waals surface area contributed by atoms with E-state index in [-0.39, 0.29) is 11.0 Å². The summed E-state index contributed by atoms with van der Waals surface area (Å²) in [6.07, 6.45) is 5.92. The molecule has 0 saturated heterocycles. The van der Waals surface area contributed by atoms with Gasteiger partial charge in [-0.2, -0.15) is 0 Å². The Balaban J connectivity index is 2.28. The third kappa shape index (κ3) is 4.47. The summed E-state index contributed by atoms with van der Waals surface area (Å²) in [7, 11) is -4.06. The van der Waals surface area contributed by atoms with Crippen LogP contribution in [0.2, 0.25) is 0 Å². The molecule has 1 heterocycles. The molecular weight excluding hydrogens is 232 g/mol. The monoisotopic (exact) mass is 250 g/mol. The van der Waals surface area contributed by atoms with Gasteiger partial charge in [0.1, 0.15) is 0 Å². The average Bonchev–Trinajstić information content (AvgIpc) is 2.53. The number of hydrogen-bond donors (Lipinski definition) is 0. The van der Waals surface area contributed by atoms with Crippen LogP contribution in [0.4, 0.5) is 0 Å². The van der Waals surface area contributed by atoms with Crippen LogP contribution in [-0.4, -0.2) is 29.4 Å². The van der Waals surface area contributed by atoms with Gasteiger partial charge in [0.25, 0.3) is 0 Å². The zero-order chi connectivity index (χ0) is 11.3. The molecule has 1 aliphatic heterocycles. The van der Waals surface area contributed by atoms with Crippen molar-refractivity contribution in [1.29, 1.82) is 0 Å². The molecule has 0 spiro atoms. The van der Waals surface area contributed by atoms with Crippen molar-refractivity contribution < 1.29 is 12.6 Å². The van der Waals surface area contributed by atoms with Crippen LogP contribution in [-0.2, 0) is 20.6 Å². The van der Waals surface area contributed by atoms with Crippen LogP contribution < -0.4 is 0 Å². The van der Waals surface area contributed by atoms with E-state index < -0.39 is 20.6 Å². The van der Waals surface area contributed by atoms with Gasteiger partial charge in [0.2, 0.25) is 0 Å². The molecule has 0 aromatic carbocycles. The molecule has 0 aliphatic carbocycles. The van der Waals surface area contributed by atoms with Gasteiger partial charge >= 0.3 is 0 Å². The van der Waals surface area contributed by atoms with E-state index in [1.807, 2.05) is 0 Å². The zero-order valence-corrected chi connectivity index (χ0v) is 10.6. The van der Waals surface area contributed by atoms with Crippen molar-refractivity contribution in [3.8, 4) is 0 Å². The number of sulfone groups is 1. The molecule has 0 saturated carbocycles. The maximum absolute atomic E-state index is 11.7. The molecule has 0 aromatic rings. The van der Waals surface area contributed by atoms with Crippen molar-refractivity contribution in [2.45, 2.75) is 37.9 Å². The minimum Gasteiger partial charge on any atom is -0.259 e. The Morgan fingerprint density at radius 3 is 2.60 bits per heavy atom. The lowest BCUT2D eigenvalue weighted by atomic mass is 10.2. The molecule has 88 valence electrons. The Labute approximate surface area is 94.3 Å². The molecule has 0 fully saturated rings. The summed E-state index contributed by atoms with van der Waals surface area (Å²) < 4.78 is 33.9. The van der Waals surface area contributed by atoms with Gasteiger partial charge in [-0.25, -0.2) is 8.42 Å². The molecule has 0 bridgehead atoms. The highest BCUT2D eigenvalue weighted by molar-refractivity contribution is 7.96. The second-order valence-electron chi connectivity index (χ2n) is 3.84. The van der Waals surface area contributed by atoms with Crippen LogP contribution in [0.15, 0.2) is 11.5 Å². The van der Waals surface area contributed by atoms with Crippen LogP contribution in [0.3, 0.4) is 0 Å². The second kappa shape index (κ2) is 5.80. The highest BCUT2D eigenvalue weighted by Crippen LogP contribution is 2.15. The normalized spacial score (nSPS) is 25.5. The molecule has 15 heavy (non-hydrogen) atoms. The molecule has 2 unspecified atom stereocenters. The lowest BCUT2D eigenvalue weighted by Gasteiger charge is -2.06. The van der Waals surface area contributed by atoms with E-state index in [4.69, 9.17) is 0 Å². The topological polar surface area (TPSA) is 51.2 Å². The van der Waals surface area contributed by atoms with E-state index in [2.05, 4.69) is 6.92 Å². The Morgan fingerprint density at radius 1 is 1.33 bits per heavy atom. The van der Waals surface area contributed by atoms with Gasteiger partial charge in [0.05, 0.1) is 11.0 Å². The molecule has 0 amide bonds. The average molecular weight is 250 g/mol. The van der Waals surface area contributed by atoms with Gasteiger partial charge in [-0.15, -0.1) is 0 Å². The fourth-order valence-corrected chi connectivity index (χ4v) is 4.96. The molecule has 1 rings (SSSR count). The summed E-state index contributed by atoms with van der Waals surface area (Å²) >= 11 is 0. The van der Waals surface area contributed by atoms with Crippen molar-refractivity contribution in [3.63, 3.8) is 0 Å². The lowest BCUT2D eigenvalue weighted by molar-refractivity contribution is 0.605. The van der Waals surface area contributed by atoms with Crippen LogP contribution >= 0.6 is 0 Å². The fourth-order valence-electron chi connectivity index (χ4n) is 1.53. The van der Waals surface area contributed by atoms with Crippen LogP contribution in [0, 0.1) is 0 Å². The highest BCUT2D eigenvalue weighted by Gasteiger charge is 2.25. The van der Waals surface area contributed by atoms with E-state index in [0.717, 1.165) is 25.7 Å². The minimum atomic E-state index is -3.05. The number of hydrogen-bond acceptors (Lipinski definition) is 3. The van der Waals surface area contributed by atoms with Gasteiger partial charge < -0.3 is 0 Å². The maximum atomic E-state index is 11.7. The lowest BCUT2D eigenvalue weighted by Crippen LogP contribution is -2.19. The van der Waals surface area contributed by atoms with E-state index in [1.165, 1.54) is 5.41 Å². The smallest absolute Gasteiger partial charge is 0.172 e. The molecular formula is C10H18O3S2. The standard InChI is InChI=1S/C10H18O3S2/c1-2-3-4-5-7-14(11)10-6-8-15(12,13)9-10/h6,8,10H,2-5,7,9H2,1H3. The largest absolute Gasteiger partial charge is 0.259 e. The van der Waals surface area contributed by atoms with Crippen molar-refractivity contribution in [3.05, 3.63) is 11.5 Å². The van der Waals surface area contributed by atoms with Gasteiger partial charge in [0, 0.05) is 22.0 Å². The quantitative estimate of drug-likeness (QED) is 0.673. The fraction of sp³-hybridized carbons (Fsp3) is 0.800. The molecule has 2 atom stereocenters. The third-order valence-electron chi connectivity index (χ3n) is 2.43. The molecule has 3 nitrogen and oxygen atoms in total. The second-order valence-corrected chi connectivity index (χ2v) is 7.55. The van der Waals surface area contributed by atoms with Crippen molar-refractivity contribution in [1.82, 2.24) is 0 Å². The van der Waals surface area contributed by atoms with Gasteiger partial charge in [-0.05, 0) is 6.42 Å². The van der Waals surface area contributed by atoms with Crippen molar-refractivity contribution >= 4 is 20.6 Å². The number of rotatable bonds is 6. The highest BCUT2D eigenvalue weighted by atomic mass is 32.2. The summed E-state index contributed by atoms with van der Waals surface area (Å²) in [6, 6.07) is 0. The summed E-state index contributed by atoms with van der Waals surface area (Å²) in [4.78, 5) is 0. The van der Waals surface area contributed by atoms with Crippen molar-refractivity contribution in [2.75, 3.05) is 11.5 Å². The molecule has 5 heteroatoms. The maximum Gasteiger partial charge on any atom is 0.172 e. The Morgan fingerprint density at radius 2 is 2.07 bits per heavy atom. The van der Waals surface area contributed by atoms with Gasteiger partial charge in [0.15, 0.2) is 9.84 Å². The molecule has 0 N–H and O–H groups in total. The first-order valence-corrected chi connectivity index (χ1v) is 8.43. The minimum absolute atomic E-state index is 0.0351. The van der Waals surface area contributed by atoms with E-state index in [9.17, 15) is 12.6 Å². The van der Waals surface area contributed by atoms with E-state index in [1.54, 1.807) is 6.08 Å². The third-order valence-corrected chi connectivity index (χ3v) is 5.73. The Hall–Kier alpha value is -0.160. The van der Waals surface area contributed by atoms with Gasteiger partial charge in [-0.1, -0.05) is 32.3 Å². The first-order chi connectivity index (χ1) is 7.05. The van der Waals surface area contributed by atoms with Crippen molar-refractivity contribution in [2.24, 2.45) is 0 Å². The summed E-state index contributed by atoms with van der Waals surface area (Å²) in [5.74, 6) is 0.665. The van der Waals surface area contributed by atoms with Gasteiger partial charge in [-0.3, -0.25) is 4.21 Å². The van der Waals surface area contributed by atoms with Crippen LogP contribution in [0.5, 0.6) is 0 Å². The zero-order valence-electron chi connectivity index (χ0n) is 9.02. The summed E-state index contributed by atoms with van der Waals surface area (Å²) in [6.45, 7) is 2.13. The predicted octanol–water partition coefficient (Wildman–Crippen LogP) is 1.63. The summed E-state index contributed by atoms with van der Waals surface area (Å²) in [5.41, 5.74) is 0. The first-order valence-electron chi connectivity index (χ1n) is 5.33. The Kier molecular flexibility index (Phi) is 4.99. The van der Waals surface area contributed by atoms with Crippen LogP contribution in [0.1, 0.15) is 32.6 Å².